The van der Waals surface area contributed by atoms with Crippen LogP contribution in [0, 0.1) is 0 Å². The Balaban J connectivity index is 1.41. The number of piperidine rings is 1. The monoisotopic (exact) mass is 358 g/mol. The van der Waals surface area contributed by atoms with Gasteiger partial charge < -0.3 is 14.5 Å². The summed E-state index contributed by atoms with van der Waals surface area (Å²) in [5.74, 6) is 2.59. The molecule has 0 saturated carbocycles. The summed E-state index contributed by atoms with van der Waals surface area (Å²) < 4.78 is 2.29. The molecule has 1 N–H and O–H groups in total. The van der Waals surface area contributed by atoms with Gasteiger partial charge in [0, 0.05) is 44.1 Å². The van der Waals surface area contributed by atoms with Crippen LogP contribution in [0.1, 0.15) is 30.1 Å². The van der Waals surface area contributed by atoms with Gasteiger partial charge >= 0.3 is 0 Å². The number of nitrogens with zero attached hydrogens (tertiary/aromatic N) is 5. The highest BCUT2D eigenvalue weighted by Gasteiger charge is 2.26. The fraction of sp³-hybridized carbons (Fsp3) is 0.286. The molecule has 6 nitrogen and oxygen atoms in total. The number of aromatic amines is 1. The number of H-pyrrole nitrogens is 1. The van der Waals surface area contributed by atoms with Crippen molar-refractivity contribution in [2.24, 2.45) is 0 Å². The van der Waals surface area contributed by atoms with Crippen LogP contribution in [0.15, 0.2) is 61.3 Å². The Bertz CT molecular complexity index is 1030. The van der Waals surface area contributed by atoms with Crippen LogP contribution in [-0.2, 0) is 6.54 Å². The minimum Gasteiger partial charge on any atom is -0.355 e. The van der Waals surface area contributed by atoms with Crippen molar-refractivity contribution in [3.8, 4) is 0 Å². The first-order valence-electron chi connectivity index (χ1n) is 9.46. The van der Waals surface area contributed by atoms with Crippen molar-refractivity contribution in [1.82, 2.24) is 24.5 Å². The summed E-state index contributed by atoms with van der Waals surface area (Å²) >= 11 is 0. The molecule has 1 saturated heterocycles. The molecule has 0 unspecified atom stereocenters. The van der Waals surface area contributed by atoms with Crippen molar-refractivity contribution in [1.29, 1.82) is 0 Å². The first kappa shape index (κ1) is 16.1. The Morgan fingerprint density at radius 1 is 1.07 bits per heavy atom. The van der Waals surface area contributed by atoms with Crippen molar-refractivity contribution in [3.05, 3.63) is 72.7 Å². The van der Waals surface area contributed by atoms with Gasteiger partial charge in [0.15, 0.2) is 0 Å². The van der Waals surface area contributed by atoms with Crippen LogP contribution in [0.4, 0.5) is 5.82 Å². The Hall–Kier alpha value is -3.15. The van der Waals surface area contributed by atoms with Crippen molar-refractivity contribution >= 4 is 16.9 Å². The van der Waals surface area contributed by atoms with Crippen LogP contribution in [0.2, 0.25) is 0 Å². The maximum Gasteiger partial charge on any atom is 0.142 e. The summed E-state index contributed by atoms with van der Waals surface area (Å²) in [6.45, 7) is 2.82. The van der Waals surface area contributed by atoms with Gasteiger partial charge in [0.1, 0.15) is 23.6 Å². The number of rotatable bonds is 4. The van der Waals surface area contributed by atoms with Crippen LogP contribution in [0.3, 0.4) is 0 Å². The van der Waals surface area contributed by atoms with Crippen LogP contribution < -0.4 is 4.90 Å². The number of hydrogen-bond donors (Lipinski definition) is 1. The van der Waals surface area contributed by atoms with Crippen molar-refractivity contribution < 1.29 is 0 Å². The summed E-state index contributed by atoms with van der Waals surface area (Å²) in [4.78, 5) is 19.2. The predicted molar refractivity (Wildman–Crippen MR) is 106 cm³/mol. The first-order valence-corrected chi connectivity index (χ1v) is 9.46. The smallest absolute Gasteiger partial charge is 0.142 e. The van der Waals surface area contributed by atoms with Crippen molar-refractivity contribution in [2.45, 2.75) is 25.3 Å². The van der Waals surface area contributed by atoms with Gasteiger partial charge in [0.2, 0.25) is 0 Å². The number of aromatic nitrogens is 5. The summed E-state index contributed by atoms with van der Waals surface area (Å²) in [5, 5.41) is 1.09. The third kappa shape index (κ3) is 3.07. The molecule has 6 heteroatoms. The largest absolute Gasteiger partial charge is 0.355 e. The van der Waals surface area contributed by atoms with Gasteiger partial charge in [-0.25, -0.2) is 15.0 Å². The summed E-state index contributed by atoms with van der Waals surface area (Å²) in [5.41, 5.74) is 2.20. The number of hydrogen-bond acceptors (Lipinski definition) is 4. The summed E-state index contributed by atoms with van der Waals surface area (Å²) in [6.07, 6.45) is 9.88. The molecule has 4 heterocycles. The number of imidazole rings is 1. The number of benzene rings is 1. The van der Waals surface area contributed by atoms with Crippen molar-refractivity contribution in [2.75, 3.05) is 18.0 Å². The van der Waals surface area contributed by atoms with E-state index in [4.69, 9.17) is 4.98 Å². The molecule has 0 amide bonds. The van der Waals surface area contributed by atoms with Gasteiger partial charge in [-0.15, -0.1) is 0 Å². The fourth-order valence-corrected chi connectivity index (χ4v) is 4.09. The highest BCUT2D eigenvalue weighted by atomic mass is 15.2. The number of anilines is 1. The molecule has 27 heavy (non-hydrogen) atoms. The molecule has 5 rings (SSSR count). The number of fused-ring (bicyclic) bond motifs is 1. The molecule has 0 radical (unpaired) electrons. The molecule has 1 aromatic carbocycles. The van der Waals surface area contributed by atoms with E-state index in [1.54, 1.807) is 6.33 Å². The zero-order chi connectivity index (χ0) is 18.1. The van der Waals surface area contributed by atoms with E-state index >= 15 is 0 Å². The quantitative estimate of drug-likeness (QED) is 0.606. The van der Waals surface area contributed by atoms with E-state index in [2.05, 4.69) is 67.0 Å². The molecule has 0 aliphatic carbocycles. The lowest BCUT2D eigenvalue weighted by Crippen LogP contribution is -2.36. The third-order valence-corrected chi connectivity index (χ3v) is 5.36. The van der Waals surface area contributed by atoms with Gasteiger partial charge in [-0.05, 0) is 24.5 Å². The normalized spacial score (nSPS) is 17.5. The molecule has 136 valence electrons. The lowest BCUT2D eigenvalue weighted by Gasteiger charge is -2.33. The van der Waals surface area contributed by atoms with Crippen molar-refractivity contribution in [3.63, 3.8) is 0 Å². The van der Waals surface area contributed by atoms with E-state index in [0.29, 0.717) is 5.92 Å². The molecule has 4 aromatic rings. The van der Waals surface area contributed by atoms with Crippen LogP contribution in [0.5, 0.6) is 0 Å². The van der Waals surface area contributed by atoms with Gasteiger partial charge in [-0.3, -0.25) is 0 Å². The van der Waals surface area contributed by atoms with E-state index in [-0.39, 0.29) is 0 Å². The Morgan fingerprint density at radius 3 is 2.93 bits per heavy atom. The third-order valence-electron chi connectivity index (χ3n) is 5.36. The molecular formula is C21H22N6. The van der Waals surface area contributed by atoms with Gasteiger partial charge in [0.05, 0.1) is 5.39 Å². The molecule has 1 atom stereocenters. The summed E-state index contributed by atoms with van der Waals surface area (Å²) in [6, 6.07) is 12.6. The van der Waals surface area contributed by atoms with E-state index in [0.717, 1.165) is 49.3 Å². The van der Waals surface area contributed by atoms with E-state index in [9.17, 15) is 0 Å². The van der Waals surface area contributed by atoms with E-state index < -0.39 is 0 Å². The maximum atomic E-state index is 4.71. The zero-order valence-electron chi connectivity index (χ0n) is 15.1. The maximum absolute atomic E-state index is 4.71. The van der Waals surface area contributed by atoms with Crippen LogP contribution >= 0.6 is 0 Å². The topological polar surface area (TPSA) is 62.6 Å². The molecular weight excluding hydrogens is 336 g/mol. The van der Waals surface area contributed by atoms with Crippen LogP contribution in [-0.4, -0.2) is 37.6 Å². The highest BCUT2D eigenvalue weighted by molar-refractivity contribution is 5.87. The van der Waals surface area contributed by atoms with Gasteiger partial charge in [-0.1, -0.05) is 30.3 Å². The average molecular weight is 358 g/mol. The Labute approximate surface area is 157 Å². The predicted octanol–water partition coefficient (Wildman–Crippen LogP) is 3.59. The molecule has 1 aliphatic rings. The lowest BCUT2D eigenvalue weighted by molar-refractivity contribution is 0.475. The first-order chi connectivity index (χ1) is 13.4. The second-order valence-electron chi connectivity index (χ2n) is 7.12. The van der Waals surface area contributed by atoms with E-state index in [1.807, 2.05) is 12.4 Å². The molecule has 1 fully saturated rings. The second kappa shape index (κ2) is 6.87. The average Bonchev–Trinajstić information content (AvgIpc) is 3.38. The molecule has 1 aliphatic heterocycles. The van der Waals surface area contributed by atoms with Gasteiger partial charge in [0.25, 0.3) is 0 Å². The molecule has 0 bridgehead atoms. The SMILES string of the molecule is c1ccc(Cn2ccnc2[C@@H]2CCCN(c3ncnc4[nH]ccc34)C2)cc1. The van der Waals surface area contributed by atoms with Crippen LogP contribution in [0.25, 0.3) is 11.0 Å². The standard InChI is InChI=1S/C21H22N6/c1-2-5-16(6-3-1)13-27-12-10-23-20(27)17-7-4-11-26(14-17)21-18-8-9-22-19(18)24-15-25-21/h1-3,5-6,8-10,12,15,17H,4,7,11,13-14H2,(H,22,24,25)/t17-/m1/s1. The minimum absolute atomic E-state index is 0.404. The Kier molecular flexibility index (Phi) is 4.08. The molecule has 3 aromatic heterocycles. The highest BCUT2D eigenvalue weighted by Crippen LogP contribution is 2.31. The number of nitrogens with one attached hydrogen (secondary N) is 1. The lowest BCUT2D eigenvalue weighted by atomic mass is 9.96. The second-order valence-corrected chi connectivity index (χ2v) is 7.12. The fourth-order valence-electron chi connectivity index (χ4n) is 4.09. The van der Waals surface area contributed by atoms with E-state index in [1.165, 1.54) is 11.4 Å². The van der Waals surface area contributed by atoms with Gasteiger partial charge in [-0.2, -0.15) is 0 Å². The Morgan fingerprint density at radius 2 is 2.00 bits per heavy atom. The summed E-state index contributed by atoms with van der Waals surface area (Å²) in [7, 11) is 0. The molecule has 0 spiro atoms. The minimum atomic E-state index is 0.404. The zero-order valence-corrected chi connectivity index (χ0v) is 15.1.